The number of halogens is 1. The third-order valence-electron chi connectivity index (χ3n) is 3.56. The summed E-state index contributed by atoms with van der Waals surface area (Å²) in [5, 5.41) is 2.92. The molecule has 4 nitrogen and oxygen atoms in total. The standard InChI is InChI=1S/C14H20N2O2.ClH/c1-18-10-12-6-3-2-5-11(12)9-16-13(17)14(15)7-4-8-14;/h2-3,5-6H,4,7-10,15H2,1H3,(H,16,17);1H. The van der Waals surface area contributed by atoms with Crippen LogP contribution in [-0.4, -0.2) is 18.6 Å². The molecule has 0 atom stereocenters. The Hall–Kier alpha value is -1.10. The predicted octanol–water partition coefficient (Wildman–Crippen LogP) is 1.75. The summed E-state index contributed by atoms with van der Waals surface area (Å²) in [4.78, 5) is 11.9. The first-order valence-corrected chi connectivity index (χ1v) is 6.28. The molecule has 0 aliphatic heterocycles. The van der Waals surface area contributed by atoms with Gasteiger partial charge in [-0.3, -0.25) is 4.79 Å². The zero-order valence-electron chi connectivity index (χ0n) is 11.1. The monoisotopic (exact) mass is 284 g/mol. The lowest BCUT2D eigenvalue weighted by molar-refractivity contribution is -0.129. The molecule has 1 aliphatic carbocycles. The summed E-state index contributed by atoms with van der Waals surface area (Å²) in [5.74, 6) is -0.0408. The van der Waals surface area contributed by atoms with Crippen LogP contribution in [0, 0.1) is 0 Å². The highest BCUT2D eigenvalue weighted by Gasteiger charge is 2.39. The van der Waals surface area contributed by atoms with Crippen LogP contribution in [0.3, 0.4) is 0 Å². The number of nitrogens with two attached hydrogens (primary N) is 1. The van der Waals surface area contributed by atoms with Crippen LogP contribution < -0.4 is 11.1 Å². The molecule has 1 fully saturated rings. The van der Waals surface area contributed by atoms with Gasteiger partial charge in [0.15, 0.2) is 0 Å². The Bertz CT molecular complexity index is 433. The highest BCUT2D eigenvalue weighted by Crippen LogP contribution is 2.29. The normalized spacial score (nSPS) is 16.1. The Balaban J connectivity index is 0.00000180. The zero-order valence-corrected chi connectivity index (χ0v) is 12.0. The van der Waals surface area contributed by atoms with Gasteiger partial charge in [-0.25, -0.2) is 0 Å². The van der Waals surface area contributed by atoms with E-state index < -0.39 is 5.54 Å². The number of rotatable bonds is 5. The van der Waals surface area contributed by atoms with Crippen LogP contribution >= 0.6 is 12.4 Å². The van der Waals surface area contributed by atoms with Crippen molar-refractivity contribution in [2.45, 2.75) is 38.0 Å². The smallest absolute Gasteiger partial charge is 0.240 e. The van der Waals surface area contributed by atoms with E-state index in [0.717, 1.165) is 30.4 Å². The molecule has 2 rings (SSSR count). The van der Waals surface area contributed by atoms with Crippen LogP contribution in [0.25, 0.3) is 0 Å². The molecular formula is C14H21ClN2O2. The molecule has 0 saturated heterocycles. The minimum Gasteiger partial charge on any atom is -0.380 e. The molecule has 1 amide bonds. The van der Waals surface area contributed by atoms with E-state index in [1.807, 2.05) is 24.3 Å². The van der Waals surface area contributed by atoms with Crippen molar-refractivity contribution < 1.29 is 9.53 Å². The molecule has 0 heterocycles. The van der Waals surface area contributed by atoms with Gasteiger partial charge in [0, 0.05) is 13.7 Å². The van der Waals surface area contributed by atoms with Gasteiger partial charge in [-0.15, -0.1) is 12.4 Å². The van der Waals surface area contributed by atoms with Gasteiger partial charge >= 0.3 is 0 Å². The lowest BCUT2D eigenvalue weighted by Gasteiger charge is -2.36. The molecule has 1 saturated carbocycles. The second-order valence-corrected chi connectivity index (χ2v) is 4.89. The lowest BCUT2D eigenvalue weighted by Crippen LogP contribution is -2.58. The molecule has 5 heteroatoms. The van der Waals surface area contributed by atoms with Gasteiger partial charge in [-0.2, -0.15) is 0 Å². The molecule has 106 valence electrons. The average molecular weight is 285 g/mol. The first-order valence-electron chi connectivity index (χ1n) is 6.28. The summed E-state index contributed by atoms with van der Waals surface area (Å²) >= 11 is 0. The summed E-state index contributed by atoms with van der Waals surface area (Å²) in [6, 6.07) is 7.93. The zero-order chi connectivity index (χ0) is 13.0. The summed E-state index contributed by atoms with van der Waals surface area (Å²) in [5.41, 5.74) is 7.52. The van der Waals surface area contributed by atoms with Crippen molar-refractivity contribution in [2.75, 3.05) is 7.11 Å². The van der Waals surface area contributed by atoms with Gasteiger partial charge in [-0.05, 0) is 30.4 Å². The quantitative estimate of drug-likeness (QED) is 0.866. The third-order valence-corrected chi connectivity index (χ3v) is 3.56. The van der Waals surface area contributed by atoms with E-state index in [1.165, 1.54) is 0 Å². The fourth-order valence-electron chi connectivity index (χ4n) is 2.16. The van der Waals surface area contributed by atoms with Gasteiger partial charge in [0.1, 0.15) is 0 Å². The van der Waals surface area contributed by atoms with Crippen molar-refractivity contribution in [3.63, 3.8) is 0 Å². The SMILES string of the molecule is COCc1ccccc1CNC(=O)C1(N)CCC1.Cl. The molecule has 1 aromatic rings. The lowest BCUT2D eigenvalue weighted by atomic mass is 9.77. The average Bonchev–Trinajstić information content (AvgIpc) is 2.35. The number of ether oxygens (including phenoxy) is 1. The number of methoxy groups -OCH3 is 1. The molecule has 0 aromatic heterocycles. The van der Waals surface area contributed by atoms with Crippen LogP contribution in [-0.2, 0) is 22.7 Å². The van der Waals surface area contributed by atoms with Crippen molar-refractivity contribution in [1.29, 1.82) is 0 Å². The van der Waals surface area contributed by atoms with Crippen molar-refractivity contribution in [3.05, 3.63) is 35.4 Å². The first kappa shape index (κ1) is 16.0. The molecule has 1 aliphatic rings. The Kier molecular flexibility index (Phi) is 5.79. The number of carbonyl (C=O) groups excluding carboxylic acids is 1. The van der Waals surface area contributed by atoms with Crippen molar-refractivity contribution in [1.82, 2.24) is 5.32 Å². The minimum atomic E-state index is -0.629. The van der Waals surface area contributed by atoms with Gasteiger partial charge in [-0.1, -0.05) is 24.3 Å². The Labute approximate surface area is 120 Å². The van der Waals surface area contributed by atoms with Gasteiger partial charge < -0.3 is 15.8 Å². The van der Waals surface area contributed by atoms with Crippen LogP contribution in [0.15, 0.2) is 24.3 Å². The highest BCUT2D eigenvalue weighted by molar-refractivity contribution is 5.87. The van der Waals surface area contributed by atoms with E-state index in [4.69, 9.17) is 10.5 Å². The Morgan fingerprint density at radius 3 is 2.53 bits per heavy atom. The fraction of sp³-hybridized carbons (Fsp3) is 0.500. The number of benzene rings is 1. The summed E-state index contributed by atoms with van der Waals surface area (Å²) in [7, 11) is 1.67. The van der Waals surface area contributed by atoms with Gasteiger partial charge in [0.05, 0.1) is 12.1 Å². The molecule has 0 radical (unpaired) electrons. The minimum absolute atomic E-state index is 0. The van der Waals surface area contributed by atoms with E-state index in [-0.39, 0.29) is 18.3 Å². The van der Waals surface area contributed by atoms with Crippen LogP contribution in [0.1, 0.15) is 30.4 Å². The van der Waals surface area contributed by atoms with E-state index in [0.29, 0.717) is 13.2 Å². The van der Waals surface area contributed by atoms with Crippen LogP contribution in [0.4, 0.5) is 0 Å². The summed E-state index contributed by atoms with van der Waals surface area (Å²) < 4.78 is 5.14. The maximum atomic E-state index is 11.9. The van der Waals surface area contributed by atoms with Crippen LogP contribution in [0.5, 0.6) is 0 Å². The second kappa shape index (κ2) is 6.89. The Morgan fingerprint density at radius 2 is 2.00 bits per heavy atom. The van der Waals surface area contributed by atoms with Crippen molar-refractivity contribution in [3.8, 4) is 0 Å². The van der Waals surface area contributed by atoms with Crippen molar-refractivity contribution in [2.24, 2.45) is 5.73 Å². The number of carbonyl (C=O) groups is 1. The third kappa shape index (κ3) is 3.69. The molecule has 0 unspecified atom stereocenters. The predicted molar refractivity (Wildman–Crippen MR) is 77.0 cm³/mol. The van der Waals surface area contributed by atoms with Gasteiger partial charge in [0.25, 0.3) is 0 Å². The summed E-state index contributed by atoms with van der Waals surface area (Å²) in [6.07, 6.45) is 2.63. The Morgan fingerprint density at radius 1 is 1.37 bits per heavy atom. The number of amides is 1. The molecule has 19 heavy (non-hydrogen) atoms. The number of nitrogens with one attached hydrogen (secondary N) is 1. The number of hydrogen-bond acceptors (Lipinski definition) is 3. The van der Waals surface area contributed by atoms with E-state index in [1.54, 1.807) is 7.11 Å². The fourth-order valence-corrected chi connectivity index (χ4v) is 2.16. The van der Waals surface area contributed by atoms with Crippen molar-refractivity contribution >= 4 is 18.3 Å². The highest BCUT2D eigenvalue weighted by atomic mass is 35.5. The second-order valence-electron chi connectivity index (χ2n) is 4.89. The van der Waals surface area contributed by atoms with Crippen LogP contribution in [0.2, 0.25) is 0 Å². The molecule has 3 N–H and O–H groups in total. The topological polar surface area (TPSA) is 64.3 Å². The molecule has 0 bridgehead atoms. The van der Waals surface area contributed by atoms with E-state index in [2.05, 4.69) is 5.32 Å². The molecule has 0 spiro atoms. The summed E-state index contributed by atoms with van der Waals surface area (Å²) in [6.45, 7) is 1.07. The molecular weight excluding hydrogens is 264 g/mol. The van der Waals surface area contributed by atoms with E-state index in [9.17, 15) is 4.79 Å². The van der Waals surface area contributed by atoms with Gasteiger partial charge in [0.2, 0.25) is 5.91 Å². The first-order chi connectivity index (χ1) is 8.65. The maximum Gasteiger partial charge on any atom is 0.240 e. The number of hydrogen-bond donors (Lipinski definition) is 2. The molecule has 1 aromatic carbocycles. The maximum absolute atomic E-state index is 11.9. The van der Waals surface area contributed by atoms with E-state index >= 15 is 0 Å². The largest absolute Gasteiger partial charge is 0.380 e.